The second kappa shape index (κ2) is 7.26. The van der Waals surface area contributed by atoms with Gasteiger partial charge in [-0.3, -0.25) is 4.79 Å². The summed E-state index contributed by atoms with van der Waals surface area (Å²) in [7, 11) is 1.11. The molecule has 0 atom stereocenters. The van der Waals surface area contributed by atoms with Crippen LogP contribution in [0.5, 0.6) is 0 Å². The van der Waals surface area contributed by atoms with Crippen LogP contribution in [0, 0.1) is 5.82 Å². The molecule has 0 aliphatic heterocycles. The second-order valence-electron chi connectivity index (χ2n) is 3.55. The number of carbonyl (C=O) groups is 2. The van der Waals surface area contributed by atoms with Crippen LogP contribution in [0.15, 0.2) is 24.0 Å². The summed E-state index contributed by atoms with van der Waals surface area (Å²) in [5.41, 5.74) is -0.595. The third-order valence-electron chi connectivity index (χ3n) is 2.27. The predicted octanol–water partition coefficient (Wildman–Crippen LogP) is 3.41. The second-order valence-corrected chi connectivity index (χ2v) is 4.37. The van der Waals surface area contributed by atoms with Crippen molar-refractivity contribution in [2.45, 2.75) is 6.92 Å². The summed E-state index contributed by atoms with van der Waals surface area (Å²) >= 11 is 11.4. The van der Waals surface area contributed by atoms with Crippen molar-refractivity contribution in [1.82, 2.24) is 0 Å². The lowest BCUT2D eigenvalue weighted by Gasteiger charge is -2.07. The van der Waals surface area contributed by atoms with E-state index < -0.39 is 23.1 Å². The molecule has 7 heteroatoms. The average Bonchev–Trinajstić information content (AvgIpc) is 2.42. The Morgan fingerprint density at radius 3 is 2.50 bits per heavy atom. The zero-order valence-corrected chi connectivity index (χ0v) is 12.2. The molecule has 0 N–H and O–H groups in total. The van der Waals surface area contributed by atoms with E-state index in [9.17, 15) is 14.0 Å². The van der Waals surface area contributed by atoms with Crippen molar-refractivity contribution >= 4 is 35.0 Å². The number of methoxy groups -OCH3 is 1. The number of Topliss-reactive ketones (excluding diaryl/α,β-unsaturated/α-hetero) is 1. The normalized spacial score (nSPS) is 11.2. The van der Waals surface area contributed by atoms with Gasteiger partial charge in [-0.25, -0.2) is 9.18 Å². The summed E-state index contributed by atoms with van der Waals surface area (Å²) in [5.74, 6) is -2.54. The molecule has 0 radical (unpaired) electrons. The number of carbonyl (C=O) groups excluding carboxylic acids is 2. The summed E-state index contributed by atoms with van der Waals surface area (Å²) in [6.07, 6.45) is 0.955. The minimum absolute atomic E-state index is 0.0762. The van der Waals surface area contributed by atoms with Gasteiger partial charge in [-0.05, 0) is 19.1 Å². The number of halogens is 3. The van der Waals surface area contributed by atoms with Crippen LogP contribution in [0.2, 0.25) is 10.0 Å². The van der Waals surface area contributed by atoms with Crippen LogP contribution in [0.25, 0.3) is 0 Å². The number of ether oxygens (including phenoxy) is 2. The molecule has 1 aromatic carbocycles. The Kier molecular flexibility index (Phi) is 5.98. The Morgan fingerprint density at radius 1 is 1.30 bits per heavy atom. The Bertz CT molecular complexity index is 570. The molecule has 0 saturated carbocycles. The fourth-order valence-corrected chi connectivity index (χ4v) is 1.78. The maximum absolute atomic E-state index is 13.4. The monoisotopic (exact) mass is 320 g/mol. The first-order valence-corrected chi connectivity index (χ1v) is 6.27. The molecule has 0 aliphatic rings. The zero-order chi connectivity index (χ0) is 15.3. The van der Waals surface area contributed by atoms with Crippen LogP contribution >= 0.6 is 23.2 Å². The molecule has 4 nitrogen and oxygen atoms in total. The van der Waals surface area contributed by atoms with Gasteiger partial charge in [0.05, 0.1) is 23.8 Å². The van der Waals surface area contributed by atoms with E-state index in [1.165, 1.54) is 0 Å². The summed E-state index contributed by atoms with van der Waals surface area (Å²) in [6.45, 7) is 1.92. The SMILES string of the molecule is CCO/C=C(\C(=O)OC)C(=O)c1cc(F)c(Cl)cc1Cl. The predicted molar refractivity (Wildman–Crippen MR) is 72.5 cm³/mol. The van der Waals surface area contributed by atoms with E-state index in [4.69, 9.17) is 27.9 Å². The molecule has 0 unspecified atom stereocenters. The molecule has 1 aromatic rings. The van der Waals surface area contributed by atoms with E-state index in [2.05, 4.69) is 4.74 Å². The van der Waals surface area contributed by atoms with Crippen molar-refractivity contribution < 1.29 is 23.5 Å². The number of esters is 1. The summed E-state index contributed by atoms with van der Waals surface area (Å²) in [5, 5.41) is -0.298. The van der Waals surface area contributed by atoms with Crippen molar-refractivity contribution in [2.75, 3.05) is 13.7 Å². The largest absolute Gasteiger partial charge is 0.500 e. The number of rotatable bonds is 5. The standard InChI is InChI=1S/C13H11Cl2FO4/c1-3-20-6-8(13(18)19-2)12(17)7-4-11(16)10(15)5-9(7)14/h4-6H,3H2,1-2H3/b8-6-. The van der Waals surface area contributed by atoms with Crippen molar-refractivity contribution in [3.63, 3.8) is 0 Å². The van der Waals surface area contributed by atoms with E-state index in [0.29, 0.717) is 0 Å². The molecule has 108 valence electrons. The van der Waals surface area contributed by atoms with Gasteiger partial charge < -0.3 is 9.47 Å². The van der Waals surface area contributed by atoms with Gasteiger partial charge in [0, 0.05) is 5.56 Å². The molecule has 0 spiro atoms. The van der Waals surface area contributed by atoms with Crippen molar-refractivity contribution in [1.29, 1.82) is 0 Å². The van der Waals surface area contributed by atoms with Gasteiger partial charge in [0.1, 0.15) is 17.7 Å². The van der Waals surface area contributed by atoms with Crippen molar-refractivity contribution in [2.24, 2.45) is 0 Å². The van der Waals surface area contributed by atoms with E-state index in [1.807, 2.05) is 0 Å². The van der Waals surface area contributed by atoms with Crippen LogP contribution in [0.1, 0.15) is 17.3 Å². The first kappa shape index (κ1) is 16.5. The lowest BCUT2D eigenvalue weighted by atomic mass is 10.0. The fourth-order valence-electron chi connectivity index (χ4n) is 1.31. The Hall–Kier alpha value is -1.59. The van der Waals surface area contributed by atoms with Gasteiger partial charge in [0.25, 0.3) is 0 Å². The molecule has 20 heavy (non-hydrogen) atoms. The summed E-state index contributed by atoms with van der Waals surface area (Å²) in [4.78, 5) is 23.7. The zero-order valence-electron chi connectivity index (χ0n) is 10.7. The van der Waals surface area contributed by atoms with Crippen molar-refractivity contribution in [3.8, 4) is 0 Å². The molecule has 0 fully saturated rings. The third-order valence-corrected chi connectivity index (χ3v) is 2.87. The van der Waals surface area contributed by atoms with E-state index in [1.54, 1.807) is 6.92 Å². The average molecular weight is 321 g/mol. The number of ketones is 1. The van der Waals surface area contributed by atoms with Gasteiger partial charge in [0.15, 0.2) is 0 Å². The number of hydrogen-bond acceptors (Lipinski definition) is 4. The minimum atomic E-state index is -0.908. The quantitative estimate of drug-likeness (QED) is 0.159. The highest BCUT2D eigenvalue weighted by atomic mass is 35.5. The molecule has 0 aromatic heterocycles. The Balaban J connectivity index is 3.26. The smallest absolute Gasteiger partial charge is 0.345 e. The van der Waals surface area contributed by atoms with E-state index >= 15 is 0 Å². The summed E-state index contributed by atoms with van der Waals surface area (Å²) < 4.78 is 22.8. The third kappa shape index (κ3) is 3.71. The van der Waals surface area contributed by atoms with E-state index in [-0.39, 0.29) is 22.2 Å². The van der Waals surface area contributed by atoms with Gasteiger partial charge in [-0.2, -0.15) is 0 Å². The molecule has 0 bridgehead atoms. The first-order valence-electron chi connectivity index (χ1n) is 5.51. The lowest BCUT2D eigenvalue weighted by Crippen LogP contribution is -2.16. The number of hydrogen-bond donors (Lipinski definition) is 0. The highest BCUT2D eigenvalue weighted by Gasteiger charge is 2.24. The lowest BCUT2D eigenvalue weighted by molar-refractivity contribution is -0.135. The van der Waals surface area contributed by atoms with Crippen LogP contribution < -0.4 is 0 Å². The molecular formula is C13H11Cl2FO4. The maximum atomic E-state index is 13.4. The topological polar surface area (TPSA) is 52.6 Å². The molecule has 0 saturated heterocycles. The van der Waals surface area contributed by atoms with Gasteiger partial charge >= 0.3 is 5.97 Å². The highest BCUT2D eigenvalue weighted by Crippen LogP contribution is 2.26. The first-order chi connectivity index (χ1) is 9.42. The van der Waals surface area contributed by atoms with E-state index in [0.717, 1.165) is 25.5 Å². The Labute approximate surface area is 125 Å². The van der Waals surface area contributed by atoms with Crippen LogP contribution in [0.3, 0.4) is 0 Å². The highest BCUT2D eigenvalue weighted by molar-refractivity contribution is 6.39. The summed E-state index contributed by atoms with van der Waals surface area (Å²) in [6, 6.07) is 1.94. The van der Waals surface area contributed by atoms with Gasteiger partial charge in [-0.15, -0.1) is 0 Å². The van der Waals surface area contributed by atoms with Crippen LogP contribution in [-0.2, 0) is 14.3 Å². The van der Waals surface area contributed by atoms with Crippen LogP contribution in [0.4, 0.5) is 4.39 Å². The molecule has 0 amide bonds. The molecule has 0 aliphatic carbocycles. The molecule has 0 heterocycles. The maximum Gasteiger partial charge on any atom is 0.345 e. The molecular weight excluding hydrogens is 310 g/mol. The van der Waals surface area contributed by atoms with Crippen LogP contribution in [-0.4, -0.2) is 25.5 Å². The minimum Gasteiger partial charge on any atom is -0.500 e. The number of benzene rings is 1. The molecule has 1 rings (SSSR count). The van der Waals surface area contributed by atoms with Gasteiger partial charge in [0.2, 0.25) is 5.78 Å². The Morgan fingerprint density at radius 2 is 1.95 bits per heavy atom. The van der Waals surface area contributed by atoms with Crippen molar-refractivity contribution in [3.05, 3.63) is 45.4 Å². The van der Waals surface area contributed by atoms with Gasteiger partial charge in [-0.1, -0.05) is 23.2 Å². The fraction of sp³-hybridized carbons (Fsp3) is 0.231.